The first-order valence-corrected chi connectivity index (χ1v) is 10.0. The van der Waals surface area contributed by atoms with E-state index in [9.17, 15) is 4.79 Å². The standard InChI is InChI=1S/C22H22N2O3S/c1-14-5-7-16(8-6-14)21(20-4-3-11-28-20)24-22(25)23-15(2)17-9-10-18-19(12-17)27-13-26-18/h3-12,15,21H,13H2,1-2H3,(H2,23,24,25)/t15-,21+/m0/s1. The number of fused-ring (bicyclic) bond motifs is 1. The van der Waals surface area contributed by atoms with Gasteiger partial charge < -0.3 is 20.1 Å². The van der Waals surface area contributed by atoms with Crippen LogP contribution in [0.2, 0.25) is 0 Å². The molecule has 1 aliphatic rings. The quantitative estimate of drug-likeness (QED) is 0.645. The molecule has 0 unspecified atom stereocenters. The molecule has 144 valence electrons. The number of carbonyl (C=O) groups excluding carboxylic acids is 1. The molecule has 2 N–H and O–H groups in total. The Balaban J connectivity index is 1.47. The summed E-state index contributed by atoms with van der Waals surface area (Å²) >= 11 is 1.63. The van der Waals surface area contributed by atoms with Gasteiger partial charge in [0.25, 0.3) is 0 Å². The highest BCUT2D eigenvalue weighted by Crippen LogP contribution is 2.34. The summed E-state index contributed by atoms with van der Waals surface area (Å²) in [5, 5.41) is 8.15. The third kappa shape index (κ3) is 3.97. The Hall–Kier alpha value is -2.99. The maximum atomic E-state index is 12.7. The Bertz CT molecular complexity index is 954. The smallest absolute Gasteiger partial charge is 0.316 e. The summed E-state index contributed by atoms with van der Waals surface area (Å²) in [6, 6.07) is 17.4. The van der Waals surface area contributed by atoms with E-state index >= 15 is 0 Å². The van der Waals surface area contributed by atoms with Gasteiger partial charge >= 0.3 is 6.03 Å². The summed E-state index contributed by atoms with van der Waals surface area (Å²) in [6.07, 6.45) is 0. The Morgan fingerprint density at radius 1 is 1.00 bits per heavy atom. The van der Waals surface area contributed by atoms with Crippen LogP contribution >= 0.6 is 11.3 Å². The number of rotatable bonds is 5. The lowest BCUT2D eigenvalue weighted by molar-refractivity contribution is 0.174. The molecule has 0 radical (unpaired) electrons. The maximum absolute atomic E-state index is 12.7. The monoisotopic (exact) mass is 394 g/mol. The Morgan fingerprint density at radius 2 is 1.75 bits per heavy atom. The molecule has 3 aromatic rings. The fraction of sp³-hybridized carbons (Fsp3) is 0.227. The van der Waals surface area contributed by atoms with Crippen LogP contribution in [0.4, 0.5) is 4.79 Å². The summed E-state index contributed by atoms with van der Waals surface area (Å²) in [5.41, 5.74) is 3.20. The highest BCUT2D eigenvalue weighted by Gasteiger charge is 2.20. The number of hydrogen-bond acceptors (Lipinski definition) is 4. The number of urea groups is 1. The molecular weight excluding hydrogens is 372 g/mol. The first kappa shape index (κ1) is 18.4. The number of carbonyl (C=O) groups is 1. The molecule has 0 aliphatic carbocycles. The molecule has 5 nitrogen and oxygen atoms in total. The first-order chi connectivity index (χ1) is 13.6. The second-order valence-corrected chi connectivity index (χ2v) is 7.79. The second kappa shape index (κ2) is 7.94. The number of nitrogens with one attached hydrogen (secondary N) is 2. The second-order valence-electron chi connectivity index (χ2n) is 6.81. The van der Waals surface area contributed by atoms with Crippen LogP contribution in [0.25, 0.3) is 0 Å². The van der Waals surface area contributed by atoms with E-state index in [1.165, 1.54) is 5.56 Å². The molecule has 2 heterocycles. The summed E-state index contributed by atoms with van der Waals surface area (Å²) in [5.74, 6) is 1.44. The van der Waals surface area contributed by atoms with Crippen LogP contribution < -0.4 is 20.1 Å². The van der Waals surface area contributed by atoms with Crippen LogP contribution in [0, 0.1) is 6.92 Å². The highest BCUT2D eigenvalue weighted by molar-refractivity contribution is 7.10. The molecule has 0 saturated heterocycles. The van der Waals surface area contributed by atoms with E-state index in [1.807, 2.05) is 42.6 Å². The fourth-order valence-electron chi connectivity index (χ4n) is 3.17. The van der Waals surface area contributed by atoms with E-state index < -0.39 is 0 Å². The van der Waals surface area contributed by atoms with Crippen LogP contribution in [0.5, 0.6) is 11.5 Å². The topological polar surface area (TPSA) is 59.6 Å². The number of amides is 2. The van der Waals surface area contributed by atoms with E-state index in [-0.39, 0.29) is 24.9 Å². The van der Waals surface area contributed by atoms with Gasteiger partial charge in [-0.15, -0.1) is 11.3 Å². The van der Waals surface area contributed by atoms with Crippen molar-refractivity contribution in [1.29, 1.82) is 0 Å². The van der Waals surface area contributed by atoms with Crippen molar-refractivity contribution in [3.05, 3.63) is 81.5 Å². The van der Waals surface area contributed by atoms with Gasteiger partial charge in [0.15, 0.2) is 11.5 Å². The van der Waals surface area contributed by atoms with E-state index in [0.717, 1.165) is 21.8 Å². The van der Waals surface area contributed by atoms with Gasteiger partial charge in [0, 0.05) is 4.88 Å². The van der Waals surface area contributed by atoms with Crippen molar-refractivity contribution in [3.8, 4) is 11.5 Å². The van der Waals surface area contributed by atoms with E-state index in [1.54, 1.807) is 11.3 Å². The van der Waals surface area contributed by atoms with Crippen molar-refractivity contribution >= 4 is 17.4 Å². The molecule has 0 saturated carbocycles. The number of hydrogen-bond donors (Lipinski definition) is 2. The molecule has 0 bridgehead atoms. The fourth-order valence-corrected chi connectivity index (χ4v) is 3.97. The molecule has 0 spiro atoms. The van der Waals surface area contributed by atoms with Gasteiger partial charge in [-0.05, 0) is 48.6 Å². The minimum absolute atomic E-state index is 0.170. The zero-order valence-corrected chi connectivity index (χ0v) is 16.6. The van der Waals surface area contributed by atoms with Crippen LogP contribution in [0.15, 0.2) is 60.0 Å². The predicted molar refractivity (Wildman–Crippen MR) is 110 cm³/mol. The average molecular weight is 394 g/mol. The minimum Gasteiger partial charge on any atom is -0.454 e. The van der Waals surface area contributed by atoms with E-state index in [0.29, 0.717) is 5.75 Å². The van der Waals surface area contributed by atoms with Crippen molar-refractivity contribution in [2.24, 2.45) is 0 Å². The first-order valence-electron chi connectivity index (χ1n) is 9.17. The zero-order valence-electron chi connectivity index (χ0n) is 15.8. The molecule has 6 heteroatoms. The summed E-state index contributed by atoms with van der Waals surface area (Å²) in [4.78, 5) is 13.8. The van der Waals surface area contributed by atoms with Gasteiger partial charge in [0.05, 0.1) is 12.1 Å². The number of benzene rings is 2. The molecule has 1 aromatic heterocycles. The maximum Gasteiger partial charge on any atom is 0.316 e. The summed E-state index contributed by atoms with van der Waals surface area (Å²) < 4.78 is 10.8. The number of aryl methyl sites for hydroxylation is 1. The van der Waals surface area contributed by atoms with Crippen LogP contribution in [0.1, 0.15) is 40.6 Å². The third-order valence-electron chi connectivity index (χ3n) is 4.76. The molecular formula is C22H22N2O3S. The minimum atomic E-state index is -0.218. The average Bonchev–Trinajstić information content (AvgIpc) is 3.38. The van der Waals surface area contributed by atoms with Crippen LogP contribution in [-0.2, 0) is 0 Å². The number of thiophene rings is 1. The van der Waals surface area contributed by atoms with Gasteiger partial charge in [-0.25, -0.2) is 4.79 Å². The van der Waals surface area contributed by atoms with Gasteiger partial charge in [-0.2, -0.15) is 0 Å². The predicted octanol–water partition coefficient (Wildman–Crippen LogP) is 4.94. The largest absolute Gasteiger partial charge is 0.454 e. The molecule has 1 aliphatic heterocycles. The molecule has 2 amide bonds. The Morgan fingerprint density at radius 3 is 2.50 bits per heavy atom. The van der Waals surface area contributed by atoms with Crippen molar-refractivity contribution in [3.63, 3.8) is 0 Å². The van der Waals surface area contributed by atoms with E-state index in [4.69, 9.17) is 9.47 Å². The summed E-state index contributed by atoms with van der Waals surface area (Å²) in [6.45, 7) is 4.24. The van der Waals surface area contributed by atoms with E-state index in [2.05, 4.69) is 41.8 Å². The van der Waals surface area contributed by atoms with Crippen molar-refractivity contribution in [2.45, 2.75) is 25.9 Å². The SMILES string of the molecule is Cc1ccc([C@@H](NC(=O)N[C@@H](C)c2ccc3c(c2)OCO3)c2cccs2)cc1. The Labute approximate surface area is 168 Å². The molecule has 4 rings (SSSR count). The Kier molecular flexibility index (Phi) is 5.21. The van der Waals surface area contributed by atoms with Crippen molar-refractivity contribution in [1.82, 2.24) is 10.6 Å². The van der Waals surface area contributed by atoms with Crippen molar-refractivity contribution in [2.75, 3.05) is 6.79 Å². The normalized spacial score (nSPS) is 14.4. The van der Waals surface area contributed by atoms with Crippen molar-refractivity contribution < 1.29 is 14.3 Å². The van der Waals surface area contributed by atoms with Crippen LogP contribution in [0.3, 0.4) is 0 Å². The highest BCUT2D eigenvalue weighted by atomic mass is 32.1. The lowest BCUT2D eigenvalue weighted by Crippen LogP contribution is -2.39. The molecule has 28 heavy (non-hydrogen) atoms. The summed E-state index contributed by atoms with van der Waals surface area (Å²) in [7, 11) is 0. The van der Waals surface area contributed by atoms with Gasteiger partial charge in [-0.3, -0.25) is 0 Å². The van der Waals surface area contributed by atoms with Crippen LogP contribution in [-0.4, -0.2) is 12.8 Å². The molecule has 2 aromatic carbocycles. The molecule has 2 atom stereocenters. The number of ether oxygens (including phenoxy) is 2. The third-order valence-corrected chi connectivity index (χ3v) is 5.70. The van der Waals surface area contributed by atoms with Gasteiger partial charge in [0.2, 0.25) is 6.79 Å². The lowest BCUT2D eigenvalue weighted by Gasteiger charge is -2.21. The zero-order chi connectivity index (χ0) is 19.5. The van der Waals surface area contributed by atoms with Gasteiger partial charge in [-0.1, -0.05) is 42.0 Å². The van der Waals surface area contributed by atoms with Gasteiger partial charge in [0.1, 0.15) is 0 Å². The lowest BCUT2D eigenvalue weighted by atomic mass is 10.0. The molecule has 0 fully saturated rings.